The molecule has 0 aromatic carbocycles. The van der Waals surface area contributed by atoms with E-state index in [4.69, 9.17) is 5.73 Å². The molecule has 1 saturated heterocycles. The van der Waals surface area contributed by atoms with Crippen molar-refractivity contribution in [3.05, 3.63) is 22.8 Å². The molecule has 0 spiro atoms. The zero-order valence-corrected chi connectivity index (χ0v) is 18.0. The predicted molar refractivity (Wildman–Crippen MR) is 106 cm³/mol. The first-order chi connectivity index (χ1) is 15.4. The highest BCUT2D eigenvalue weighted by molar-refractivity contribution is 5.78. The maximum Gasteiger partial charge on any atom is 0.433 e. The van der Waals surface area contributed by atoms with Gasteiger partial charge in [-0.3, -0.25) is 9.59 Å². The Morgan fingerprint density at radius 1 is 1.21 bits per heavy atom. The van der Waals surface area contributed by atoms with E-state index in [2.05, 4.69) is 9.97 Å². The third kappa shape index (κ3) is 5.77. The summed E-state index contributed by atoms with van der Waals surface area (Å²) in [6.07, 6.45) is -3.38. The number of hydrogen-bond donors (Lipinski definition) is 1. The number of likely N-dealkylation sites (tertiary alicyclic amines) is 1. The summed E-state index contributed by atoms with van der Waals surface area (Å²) in [7, 11) is 0. The molecule has 2 amide bonds. The Labute approximate surface area is 187 Å². The molecule has 0 radical (unpaired) electrons. The molecular formula is C21H26F5N5O2. The molecule has 3 aliphatic rings. The average molecular weight is 475 g/mol. The third-order valence-electron chi connectivity index (χ3n) is 6.27. The summed E-state index contributed by atoms with van der Waals surface area (Å²) in [5.74, 6) is -3.40. The second-order valence-electron chi connectivity index (χ2n) is 9.22. The van der Waals surface area contributed by atoms with Crippen molar-refractivity contribution in [2.45, 2.75) is 69.6 Å². The van der Waals surface area contributed by atoms with Crippen LogP contribution in [0.4, 0.5) is 22.0 Å². The Morgan fingerprint density at radius 3 is 2.61 bits per heavy atom. The molecule has 1 unspecified atom stereocenters. The summed E-state index contributed by atoms with van der Waals surface area (Å²) in [5.41, 5.74) is 5.23. The lowest BCUT2D eigenvalue weighted by atomic mass is 10.0. The van der Waals surface area contributed by atoms with Crippen molar-refractivity contribution in [3.8, 4) is 0 Å². The molecule has 33 heavy (non-hydrogen) atoms. The van der Waals surface area contributed by atoms with E-state index in [1.165, 1.54) is 4.90 Å². The van der Waals surface area contributed by atoms with E-state index < -0.39 is 48.6 Å². The molecule has 7 nitrogen and oxygen atoms in total. The largest absolute Gasteiger partial charge is 0.433 e. The van der Waals surface area contributed by atoms with Gasteiger partial charge in [-0.05, 0) is 25.2 Å². The Balaban J connectivity index is 1.42. The number of piperidine rings is 1. The molecule has 1 atom stereocenters. The quantitative estimate of drug-likeness (QED) is 0.638. The van der Waals surface area contributed by atoms with Gasteiger partial charge >= 0.3 is 6.18 Å². The molecule has 182 valence electrons. The van der Waals surface area contributed by atoms with Gasteiger partial charge in [0.1, 0.15) is 5.82 Å². The number of aromatic nitrogens is 2. The number of nitrogens with two attached hydrogens (primary N) is 1. The van der Waals surface area contributed by atoms with Crippen LogP contribution in [0.1, 0.15) is 54.9 Å². The van der Waals surface area contributed by atoms with E-state index in [-0.39, 0.29) is 56.0 Å². The average Bonchev–Trinajstić information content (AvgIpc) is 3.52. The Morgan fingerprint density at radius 2 is 1.94 bits per heavy atom. The molecule has 1 aliphatic carbocycles. The lowest BCUT2D eigenvalue weighted by Crippen LogP contribution is -2.51. The predicted octanol–water partition coefficient (Wildman–Crippen LogP) is 2.31. The fourth-order valence-electron chi connectivity index (χ4n) is 4.36. The fourth-order valence-corrected chi connectivity index (χ4v) is 4.36. The highest BCUT2D eigenvalue weighted by Crippen LogP contribution is 2.36. The van der Waals surface area contributed by atoms with Gasteiger partial charge in [0.15, 0.2) is 5.69 Å². The molecule has 4 rings (SSSR count). The smallest absolute Gasteiger partial charge is 0.336 e. The van der Waals surface area contributed by atoms with E-state index in [1.54, 1.807) is 0 Å². The van der Waals surface area contributed by atoms with E-state index in [9.17, 15) is 31.5 Å². The lowest BCUT2D eigenvalue weighted by Gasteiger charge is -2.34. The first kappa shape index (κ1) is 23.8. The summed E-state index contributed by atoms with van der Waals surface area (Å²) in [5, 5.41) is 0. The topological polar surface area (TPSA) is 92.4 Å². The highest BCUT2D eigenvalue weighted by atomic mass is 19.4. The van der Waals surface area contributed by atoms with Crippen LogP contribution in [0.25, 0.3) is 0 Å². The Hall–Kier alpha value is -2.37. The minimum Gasteiger partial charge on any atom is -0.336 e. The van der Waals surface area contributed by atoms with Crippen LogP contribution in [-0.2, 0) is 35.2 Å². The third-order valence-corrected chi connectivity index (χ3v) is 6.27. The van der Waals surface area contributed by atoms with E-state index >= 15 is 0 Å². The lowest BCUT2D eigenvalue weighted by molar-refractivity contribution is -0.148. The number of rotatable bonds is 6. The molecule has 12 heteroatoms. The number of hydrogen-bond acceptors (Lipinski definition) is 5. The second kappa shape index (κ2) is 8.77. The maximum atomic E-state index is 13.6. The minimum atomic E-state index is -4.61. The van der Waals surface area contributed by atoms with Gasteiger partial charge in [-0.1, -0.05) is 0 Å². The van der Waals surface area contributed by atoms with Gasteiger partial charge in [0.25, 0.3) is 5.92 Å². The van der Waals surface area contributed by atoms with Crippen LogP contribution in [0.15, 0.2) is 0 Å². The van der Waals surface area contributed by atoms with Crippen molar-refractivity contribution in [3.63, 3.8) is 0 Å². The van der Waals surface area contributed by atoms with Crippen molar-refractivity contribution in [2.75, 3.05) is 19.6 Å². The van der Waals surface area contributed by atoms with Crippen LogP contribution in [0.3, 0.4) is 0 Å². The zero-order valence-electron chi connectivity index (χ0n) is 18.0. The normalized spacial score (nSPS) is 21.7. The van der Waals surface area contributed by atoms with Gasteiger partial charge in [0.2, 0.25) is 11.8 Å². The Kier molecular flexibility index (Phi) is 6.32. The SMILES string of the molecule is NC(CC(=O)N1CCc2c(nc(CC3CC3)nc2C(F)(F)F)C1)CN1CC(F)(F)CCC1=O. The van der Waals surface area contributed by atoms with E-state index in [0.29, 0.717) is 12.3 Å². The number of amides is 2. The van der Waals surface area contributed by atoms with Crippen LogP contribution >= 0.6 is 0 Å². The van der Waals surface area contributed by atoms with Crippen LogP contribution in [-0.4, -0.2) is 63.2 Å². The Bertz CT molecular complexity index is 934. The van der Waals surface area contributed by atoms with E-state index in [1.807, 2.05) is 0 Å². The molecule has 0 bridgehead atoms. The second-order valence-corrected chi connectivity index (χ2v) is 9.22. The summed E-state index contributed by atoms with van der Waals surface area (Å²) in [4.78, 5) is 35.1. The number of alkyl halides is 5. The van der Waals surface area contributed by atoms with Crippen LogP contribution in [0.5, 0.6) is 0 Å². The van der Waals surface area contributed by atoms with Gasteiger partial charge in [-0.15, -0.1) is 0 Å². The van der Waals surface area contributed by atoms with Crippen molar-refractivity contribution < 1.29 is 31.5 Å². The van der Waals surface area contributed by atoms with Gasteiger partial charge in [0, 0.05) is 50.4 Å². The van der Waals surface area contributed by atoms with Gasteiger partial charge in [0.05, 0.1) is 18.8 Å². The molecule has 3 heterocycles. The number of fused-ring (bicyclic) bond motifs is 1. The van der Waals surface area contributed by atoms with Crippen molar-refractivity contribution in [1.82, 2.24) is 19.8 Å². The van der Waals surface area contributed by atoms with Crippen LogP contribution in [0.2, 0.25) is 0 Å². The van der Waals surface area contributed by atoms with Gasteiger partial charge in [-0.25, -0.2) is 18.7 Å². The van der Waals surface area contributed by atoms with Crippen molar-refractivity contribution in [2.24, 2.45) is 11.7 Å². The summed E-state index contributed by atoms with van der Waals surface area (Å²) < 4.78 is 67.9. The molecule has 2 fully saturated rings. The minimum absolute atomic E-state index is 0.0107. The molecular weight excluding hydrogens is 449 g/mol. The summed E-state index contributed by atoms with van der Waals surface area (Å²) >= 11 is 0. The molecule has 1 aromatic heterocycles. The maximum absolute atomic E-state index is 13.6. The standard InChI is InChI=1S/C21H26F5N5O2/c22-20(23)5-3-17(32)31(11-20)9-13(27)8-18(33)30-6-4-14-15(10-30)28-16(7-12-1-2-12)29-19(14)21(24,25)26/h12-13H,1-11,27H2. The molecule has 1 saturated carbocycles. The molecule has 1 aromatic rings. The molecule has 2 aliphatic heterocycles. The number of carbonyl (C=O) groups is 2. The molecule has 2 N–H and O–H groups in total. The number of carbonyl (C=O) groups excluding carboxylic acids is 2. The van der Waals surface area contributed by atoms with E-state index in [0.717, 1.165) is 17.7 Å². The first-order valence-corrected chi connectivity index (χ1v) is 11.1. The van der Waals surface area contributed by atoms with Gasteiger partial charge < -0.3 is 15.5 Å². The summed E-state index contributed by atoms with van der Waals surface area (Å²) in [6.45, 7) is -0.958. The van der Waals surface area contributed by atoms with Crippen molar-refractivity contribution >= 4 is 11.8 Å². The zero-order chi connectivity index (χ0) is 24.0. The number of nitrogens with zero attached hydrogens (tertiary/aromatic N) is 4. The number of halogens is 5. The summed E-state index contributed by atoms with van der Waals surface area (Å²) in [6, 6.07) is -0.863. The first-order valence-electron chi connectivity index (χ1n) is 11.1. The van der Waals surface area contributed by atoms with Crippen molar-refractivity contribution in [1.29, 1.82) is 0 Å². The van der Waals surface area contributed by atoms with Gasteiger partial charge in [-0.2, -0.15) is 13.2 Å². The van der Waals surface area contributed by atoms with Crippen LogP contribution < -0.4 is 5.73 Å². The highest BCUT2D eigenvalue weighted by Gasteiger charge is 2.41. The monoisotopic (exact) mass is 475 g/mol. The fraction of sp³-hybridized carbons (Fsp3) is 0.714. The van der Waals surface area contributed by atoms with Crippen LogP contribution in [0, 0.1) is 5.92 Å².